The van der Waals surface area contributed by atoms with E-state index in [-0.39, 0.29) is 5.91 Å². The Morgan fingerprint density at radius 2 is 1.91 bits per heavy atom. The minimum absolute atomic E-state index is 0.0272. The topological polar surface area (TPSA) is 75.1 Å². The van der Waals surface area contributed by atoms with E-state index < -0.39 is 5.54 Å². The molecule has 3 rings (SSSR count). The molecule has 0 radical (unpaired) electrons. The smallest absolute Gasteiger partial charge is 0.248 e. The molecule has 1 amide bonds. The van der Waals surface area contributed by atoms with E-state index >= 15 is 0 Å². The number of carbonyl (C=O) groups excluding carboxylic acids is 1. The van der Waals surface area contributed by atoms with Crippen molar-refractivity contribution in [2.75, 3.05) is 20.6 Å². The predicted molar refractivity (Wildman–Crippen MR) is 84.1 cm³/mol. The number of likely N-dealkylation sites (tertiary alicyclic amines) is 1. The van der Waals surface area contributed by atoms with Gasteiger partial charge in [-0.15, -0.1) is 0 Å². The van der Waals surface area contributed by atoms with Crippen LogP contribution in [0.5, 0.6) is 0 Å². The van der Waals surface area contributed by atoms with Crippen LogP contribution in [0, 0.1) is 0 Å². The average molecular weight is 312 g/mol. The lowest BCUT2D eigenvalue weighted by atomic mass is 9.90. The van der Waals surface area contributed by atoms with Gasteiger partial charge < -0.3 is 4.90 Å². The summed E-state index contributed by atoms with van der Waals surface area (Å²) in [7, 11) is 3.55. The zero-order chi connectivity index (χ0) is 16.3. The lowest BCUT2D eigenvalue weighted by Crippen LogP contribution is -2.52. The van der Waals surface area contributed by atoms with E-state index in [1.54, 1.807) is 56.2 Å². The molecule has 3 heterocycles. The number of hydrogen-bond acceptors (Lipinski definition) is 6. The summed E-state index contributed by atoms with van der Waals surface area (Å²) in [5.41, 5.74) is 0.754. The van der Waals surface area contributed by atoms with E-state index in [1.807, 2.05) is 0 Å². The summed E-state index contributed by atoms with van der Waals surface area (Å²) in [6, 6.07) is 0. The van der Waals surface area contributed by atoms with Gasteiger partial charge in [0.1, 0.15) is 5.54 Å². The highest BCUT2D eigenvalue weighted by Gasteiger charge is 2.51. The molecule has 0 spiro atoms. The molecule has 2 aromatic heterocycles. The van der Waals surface area contributed by atoms with Crippen LogP contribution in [-0.2, 0) is 16.9 Å². The number of likely N-dealkylation sites (N-methyl/N-ethyl adjacent to an activating group) is 1. The maximum absolute atomic E-state index is 13.0. The maximum Gasteiger partial charge on any atom is 0.248 e. The van der Waals surface area contributed by atoms with E-state index in [2.05, 4.69) is 24.8 Å². The fraction of sp³-hybridized carbons (Fsp3) is 0.438. The second kappa shape index (κ2) is 6.37. The third kappa shape index (κ3) is 2.79. The third-order valence-electron chi connectivity index (χ3n) is 4.22. The van der Waals surface area contributed by atoms with Gasteiger partial charge in [-0.1, -0.05) is 0 Å². The molecule has 2 aromatic rings. The first-order valence-corrected chi connectivity index (χ1v) is 7.63. The average Bonchev–Trinajstić information content (AvgIpc) is 3.00. The van der Waals surface area contributed by atoms with E-state index in [0.29, 0.717) is 12.2 Å². The SMILES string of the molecule is CN(C)C(=O)[C@]1(c2cnccn2)CCCN1Cc1cnccn1. The van der Waals surface area contributed by atoms with E-state index in [9.17, 15) is 4.79 Å². The van der Waals surface area contributed by atoms with Crippen LogP contribution < -0.4 is 0 Å². The molecule has 0 aliphatic carbocycles. The number of nitrogens with zero attached hydrogens (tertiary/aromatic N) is 6. The van der Waals surface area contributed by atoms with Crippen molar-refractivity contribution in [1.29, 1.82) is 0 Å². The van der Waals surface area contributed by atoms with Crippen molar-refractivity contribution < 1.29 is 4.79 Å². The lowest BCUT2D eigenvalue weighted by Gasteiger charge is -2.38. The van der Waals surface area contributed by atoms with Crippen molar-refractivity contribution in [1.82, 2.24) is 29.7 Å². The van der Waals surface area contributed by atoms with Crippen LogP contribution in [0.25, 0.3) is 0 Å². The Bertz CT molecular complexity index is 663. The zero-order valence-corrected chi connectivity index (χ0v) is 13.4. The summed E-state index contributed by atoms with van der Waals surface area (Å²) in [4.78, 5) is 33.9. The van der Waals surface area contributed by atoms with Crippen molar-refractivity contribution >= 4 is 5.91 Å². The van der Waals surface area contributed by atoms with Crippen LogP contribution in [0.15, 0.2) is 37.2 Å². The molecule has 0 unspecified atom stereocenters. The zero-order valence-electron chi connectivity index (χ0n) is 13.4. The van der Waals surface area contributed by atoms with Gasteiger partial charge >= 0.3 is 0 Å². The first kappa shape index (κ1) is 15.5. The van der Waals surface area contributed by atoms with Crippen molar-refractivity contribution in [3.63, 3.8) is 0 Å². The highest BCUT2D eigenvalue weighted by atomic mass is 16.2. The molecule has 0 N–H and O–H groups in total. The van der Waals surface area contributed by atoms with Crippen molar-refractivity contribution in [2.45, 2.75) is 24.9 Å². The Morgan fingerprint density at radius 1 is 1.17 bits per heavy atom. The summed E-state index contributed by atoms with van der Waals surface area (Å²) < 4.78 is 0. The molecule has 0 bridgehead atoms. The molecule has 120 valence electrons. The van der Waals surface area contributed by atoms with Crippen LogP contribution >= 0.6 is 0 Å². The number of amides is 1. The molecule has 1 atom stereocenters. The summed E-state index contributed by atoms with van der Waals surface area (Å²) in [5.74, 6) is 0.0272. The summed E-state index contributed by atoms with van der Waals surface area (Å²) in [5, 5.41) is 0. The number of hydrogen-bond donors (Lipinski definition) is 0. The Labute approximate surface area is 135 Å². The Kier molecular flexibility index (Phi) is 4.29. The van der Waals surface area contributed by atoms with E-state index in [1.165, 1.54) is 0 Å². The monoisotopic (exact) mass is 312 g/mol. The normalized spacial score (nSPS) is 21.3. The van der Waals surface area contributed by atoms with Crippen molar-refractivity contribution in [2.24, 2.45) is 0 Å². The van der Waals surface area contributed by atoms with Crippen molar-refractivity contribution in [3.05, 3.63) is 48.6 Å². The lowest BCUT2D eigenvalue weighted by molar-refractivity contribution is -0.141. The summed E-state index contributed by atoms with van der Waals surface area (Å²) >= 11 is 0. The first-order valence-electron chi connectivity index (χ1n) is 7.63. The second-order valence-corrected chi connectivity index (χ2v) is 5.87. The Hall–Kier alpha value is -2.41. The molecule has 1 saturated heterocycles. The fourth-order valence-electron chi connectivity index (χ4n) is 3.22. The van der Waals surface area contributed by atoms with E-state index in [4.69, 9.17) is 0 Å². The second-order valence-electron chi connectivity index (χ2n) is 5.87. The fourth-order valence-corrected chi connectivity index (χ4v) is 3.22. The van der Waals surface area contributed by atoms with Crippen LogP contribution in [0.3, 0.4) is 0 Å². The molecule has 7 heteroatoms. The summed E-state index contributed by atoms with van der Waals surface area (Å²) in [6.45, 7) is 1.37. The molecular weight excluding hydrogens is 292 g/mol. The highest BCUT2D eigenvalue weighted by molar-refractivity contribution is 5.87. The van der Waals surface area contributed by atoms with Gasteiger partial charge in [-0.2, -0.15) is 0 Å². The number of aromatic nitrogens is 4. The molecule has 1 fully saturated rings. The molecule has 0 aromatic carbocycles. The third-order valence-corrected chi connectivity index (χ3v) is 4.22. The Balaban J connectivity index is 2.02. The van der Waals surface area contributed by atoms with Crippen LogP contribution in [0.2, 0.25) is 0 Å². The number of carbonyl (C=O) groups is 1. The predicted octanol–water partition coefficient (Wildman–Crippen LogP) is 0.846. The van der Waals surface area contributed by atoms with E-state index in [0.717, 1.165) is 25.1 Å². The maximum atomic E-state index is 13.0. The van der Waals surface area contributed by atoms with Gasteiger partial charge in [0.15, 0.2) is 0 Å². The van der Waals surface area contributed by atoms with Gasteiger partial charge in [0.05, 0.1) is 17.6 Å². The molecule has 7 nitrogen and oxygen atoms in total. The van der Waals surface area contributed by atoms with Gasteiger partial charge in [-0.25, -0.2) is 0 Å². The van der Waals surface area contributed by atoms with Gasteiger partial charge in [-0.05, 0) is 12.8 Å². The Morgan fingerprint density at radius 3 is 2.52 bits per heavy atom. The van der Waals surface area contributed by atoms with Gasteiger partial charge in [0, 0.05) is 58.2 Å². The minimum Gasteiger partial charge on any atom is -0.347 e. The van der Waals surface area contributed by atoms with Gasteiger partial charge in [0.2, 0.25) is 5.91 Å². The summed E-state index contributed by atoms with van der Waals surface area (Å²) in [6.07, 6.45) is 11.7. The molecule has 1 aliphatic rings. The van der Waals surface area contributed by atoms with Crippen LogP contribution in [-0.4, -0.2) is 56.3 Å². The quantitative estimate of drug-likeness (QED) is 0.833. The first-order chi connectivity index (χ1) is 11.1. The molecule has 0 saturated carbocycles. The molecular formula is C16H20N6O. The van der Waals surface area contributed by atoms with Crippen molar-refractivity contribution in [3.8, 4) is 0 Å². The molecule has 23 heavy (non-hydrogen) atoms. The standard InChI is InChI=1S/C16H20N6O/c1-21(2)15(23)16(14-11-18-6-8-20-14)4-3-9-22(16)12-13-10-17-5-7-19-13/h5-8,10-11H,3-4,9,12H2,1-2H3/t16-/m1/s1. The van der Waals surface area contributed by atoms with Gasteiger partial charge in [-0.3, -0.25) is 29.6 Å². The highest BCUT2D eigenvalue weighted by Crippen LogP contribution is 2.39. The van der Waals surface area contributed by atoms with Crippen LogP contribution in [0.4, 0.5) is 0 Å². The van der Waals surface area contributed by atoms with Gasteiger partial charge in [0.25, 0.3) is 0 Å². The van der Waals surface area contributed by atoms with Crippen LogP contribution in [0.1, 0.15) is 24.2 Å². The largest absolute Gasteiger partial charge is 0.347 e. The molecule has 1 aliphatic heterocycles. The minimum atomic E-state index is -0.782. The number of rotatable bonds is 4.